The molecule has 5 heteroatoms. The largest absolute Gasteiger partial charge is 0.340 e. The second-order valence-electron chi connectivity index (χ2n) is 6.18. The van der Waals surface area contributed by atoms with Gasteiger partial charge >= 0.3 is 0 Å². The van der Waals surface area contributed by atoms with Crippen molar-refractivity contribution in [1.29, 1.82) is 0 Å². The topological polar surface area (TPSA) is 63.6 Å². The van der Waals surface area contributed by atoms with Crippen molar-refractivity contribution < 1.29 is 0 Å². The molecule has 0 radical (unpaired) electrons. The quantitative estimate of drug-likeness (QED) is 0.497. The van der Waals surface area contributed by atoms with Gasteiger partial charge in [0.05, 0.1) is 22.2 Å². The summed E-state index contributed by atoms with van der Waals surface area (Å²) in [5.41, 5.74) is 5.44. The molecule has 0 aliphatic carbocycles. The number of pyridine rings is 2. The molecule has 0 fully saturated rings. The Labute approximate surface area is 155 Å². The smallest absolute Gasteiger partial charge is 0.140 e. The van der Waals surface area contributed by atoms with Crippen LogP contribution in [0.2, 0.25) is 0 Å². The van der Waals surface area contributed by atoms with Crippen LogP contribution in [0.5, 0.6) is 0 Å². The fourth-order valence-electron chi connectivity index (χ4n) is 3.11. The highest BCUT2D eigenvalue weighted by atomic mass is 15.0. The zero-order valence-electron chi connectivity index (χ0n) is 14.4. The van der Waals surface area contributed by atoms with Crippen LogP contribution in [0.25, 0.3) is 33.2 Å². The van der Waals surface area contributed by atoms with E-state index >= 15 is 0 Å². The summed E-state index contributed by atoms with van der Waals surface area (Å²) >= 11 is 0. The number of hydrogen-bond acceptors (Lipinski definition) is 5. The first kappa shape index (κ1) is 15.4. The molecule has 0 amide bonds. The minimum atomic E-state index is 0.766. The van der Waals surface area contributed by atoms with Crippen molar-refractivity contribution in [3.63, 3.8) is 0 Å². The van der Waals surface area contributed by atoms with E-state index in [1.807, 2.05) is 66.7 Å². The second kappa shape index (κ2) is 6.46. The fourth-order valence-corrected chi connectivity index (χ4v) is 3.11. The van der Waals surface area contributed by atoms with Crippen molar-refractivity contribution in [2.75, 3.05) is 5.32 Å². The average molecular weight is 349 g/mol. The van der Waals surface area contributed by atoms with Crippen LogP contribution in [0.1, 0.15) is 0 Å². The summed E-state index contributed by atoms with van der Waals surface area (Å²) in [4.78, 5) is 18.1. The molecule has 5 aromatic rings. The number of aromatic nitrogens is 4. The Kier molecular flexibility index (Phi) is 3.68. The van der Waals surface area contributed by atoms with Crippen molar-refractivity contribution >= 4 is 33.4 Å². The monoisotopic (exact) mass is 349 g/mol. The minimum Gasteiger partial charge on any atom is -0.340 e. The number of hydrogen-bond donors (Lipinski definition) is 1. The summed E-state index contributed by atoms with van der Waals surface area (Å²) in [6, 6.07) is 22.0. The van der Waals surface area contributed by atoms with Crippen molar-refractivity contribution in [2.45, 2.75) is 0 Å². The van der Waals surface area contributed by atoms with Gasteiger partial charge in [0.25, 0.3) is 0 Å². The van der Waals surface area contributed by atoms with E-state index in [1.165, 1.54) is 0 Å². The van der Waals surface area contributed by atoms with Crippen molar-refractivity contribution in [3.8, 4) is 11.3 Å². The Hall–Kier alpha value is -3.86. The molecule has 3 aromatic heterocycles. The Bertz CT molecular complexity index is 1250. The third-order valence-corrected chi connectivity index (χ3v) is 4.40. The molecule has 0 unspecified atom stereocenters. The van der Waals surface area contributed by atoms with E-state index in [0.29, 0.717) is 0 Å². The molecule has 0 atom stereocenters. The summed E-state index contributed by atoms with van der Waals surface area (Å²) in [6.07, 6.45) is 5.19. The van der Waals surface area contributed by atoms with E-state index in [-0.39, 0.29) is 0 Å². The van der Waals surface area contributed by atoms with Crippen molar-refractivity contribution in [3.05, 3.63) is 85.3 Å². The normalized spacial score (nSPS) is 11.0. The van der Waals surface area contributed by atoms with Crippen molar-refractivity contribution in [1.82, 2.24) is 19.9 Å². The Morgan fingerprint density at radius 1 is 0.630 bits per heavy atom. The van der Waals surface area contributed by atoms with E-state index in [0.717, 1.165) is 44.7 Å². The van der Waals surface area contributed by atoms with Crippen LogP contribution >= 0.6 is 0 Å². The van der Waals surface area contributed by atoms with Crippen LogP contribution in [0.15, 0.2) is 85.3 Å². The predicted molar refractivity (Wildman–Crippen MR) is 108 cm³/mol. The van der Waals surface area contributed by atoms with E-state index < -0.39 is 0 Å². The molecule has 0 bridgehead atoms. The maximum atomic E-state index is 4.86. The summed E-state index contributed by atoms with van der Waals surface area (Å²) in [6.45, 7) is 0. The second-order valence-corrected chi connectivity index (χ2v) is 6.18. The maximum Gasteiger partial charge on any atom is 0.140 e. The molecule has 3 heterocycles. The highest BCUT2D eigenvalue weighted by molar-refractivity contribution is 5.94. The van der Waals surface area contributed by atoms with Crippen LogP contribution in [-0.4, -0.2) is 19.9 Å². The molecule has 128 valence electrons. The SMILES string of the molecule is c1ccc(-c2cc3ncccc3c(Nc3ccc4nccnc4c3)n2)cc1. The molecule has 5 nitrogen and oxygen atoms in total. The third kappa shape index (κ3) is 2.95. The van der Waals surface area contributed by atoms with Gasteiger partial charge in [-0.25, -0.2) is 4.98 Å². The minimum absolute atomic E-state index is 0.766. The lowest BCUT2D eigenvalue weighted by atomic mass is 10.1. The summed E-state index contributed by atoms with van der Waals surface area (Å²) < 4.78 is 0. The lowest BCUT2D eigenvalue weighted by Crippen LogP contribution is -1.98. The molecule has 27 heavy (non-hydrogen) atoms. The molecule has 0 saturated carbocycles. The van der Waals surface area contributed by atoms with Gasteiger partial charge in [0.2, 0.25) is 0 Å². The van der Waals surface area contributed by atoms with Gasteiger partial charge in [-0.15, -0.1) is 0 Å². The first-order chi connectivity index (χ1) is 13.4. The molecule has 5 rings (SSSR count). The van der Waals surface area contributed by atoms with Gasteiger partial charge in [-0.1, -0.05) is 30.3 Å². The molecular weight excluding hydrogens is 334 g/mol. The molecule has 1 N–H and O–H groups in total. The molecule has 0 aliphatic heterocycles. The molecule has 2 aromatic carbocycles. The maximum absolute atomic E-state index is 4.86. The van der Waals surface area contributed by atoms with Crippen LogP contribution in [0.3, 0.4) is 0 Å². The van der Waals surface area contributed by atoms with Crippen LogP contribution in [0, 0.1) is 0 Å². The van der Waals surface area contributed by atoms with Crippen molar-refractivity contribution in [2.24, 2.45) is 0 Å². The molecular formula is C22H15N5. The van der Waals surface area contributed by atoms with Gasteiger partial charge in [0.15, 0.2) is 0 Å². The van der Waals surface area contributed by atoms with Crippen LogP contribution in [0.4, 0.5) is 11.5 Å². The zero-order chi connectivity index (χ0) is 18.1. The first-order valence-corrected chi connectivity index (χ1v) is 8.66. The van der Waals surface area contributed by atoms with Crippen LogP contribution < -0.4 is 5.32 Å². The molecule has 0 aliphatic rings. The Morgan fingerprint density at radius 2 is 1.44 bits per heavy atom. The first-order valence-electron chi connectivity index (χ1n) is 8.66. The van der Waals surface area contributed by atoms with Gasteiger partial charge in [-0.2, -0.15) is 0 Å². The lowest BCUT2D eigenvalue weighted by molar-refractivity contribution is 1.29. The number of nitrogens with one attached hydrogen (secondary N) is 1. The molecule has 0 spiro atoms. The number of anilines is 2. The Morgan fingerprint density at radius 3 is 2.33 bits per heavy atom. The summed E-state index contributed by atoms with van der Waals surface area (Å²) in [7, 11) is 0. The van der Waals surface area contributed by atoms with E-state index in [9.17, 15) is 0 Å². The highest BCUT2D eigenvalue weighted by Crippen LogP contribution is 2.29. The van der Waals surface area contributed by atoms with Gasteiger partial charge < -0.3 is 5.32 Å². The third-order valence-electron chi connectivity index (χ3n) is 4.40. The molecule has 0 saturated heterocycles. The number of nitrogens with zero attached hydrogens (tertiary/aromatic N) is 4. The van der Waals surface area contributed by atoms with Gasteiger partial charge in [-0.05, 0) is 36.4 Å². The zero-order valence-corrected chi connectivity index (χ0v) is 14.4. The predicted octanol–water partition coefficient (Wildman–Crippen LogP) is 4.98. The van der Waals surface area contributed by atoms with E-state index in [2.05, 4.69) is 20.3 Å². The van der Waals surface area contributed by atoms with E-state index in [1.54, 1.807) is 18.6 Å². The Balaban J connectivity index is 1.64. The van der Waals surface area contributed by atoms with Gasteiger partial charge in [0, 0.05) is 35.2 Å². The van der Waals surface area contributed by atoms with Gasteiger partial charge in [0.1, 0.15) is 5.82 Å². The van der Waals surface area contributed by atoms with E-state index in [4.69, 9.17) is 4.98 Å². The highest BCUT2D eigenvalue weighted by Gasteiger charge is 2.09. The van der Waals surface area contributed by atoms with Crippen LogP contribution in [-0.2, 0) is 0 Å². The number of rotatable bonds is 3. The number of fused-ring (bicyclic) bond motifs is 2. The standard InChI is InChI=1S/C22H15N5/c1-2-5-15(6-3-1)19-14-20-17(7-4-10-23-20)22(27-19)26-16-8-9-18-21(13-16)25-12-11-24-18/h1-14H,(H,26,27). The lowest BCUT2D eigenvalue weighted by Gasteiger charge is -2.12. The summed E-state index contributed by atoms with van der Waals surface area (Å²) in [5.74, 6) is 0.766. The number of benzene rings is 2. The summed E-state index contributed by atoms with van der Waals surface area (Å²) in [5, 5.41) is 4.40. The van der Waals surface area contributed by atoms with Gasteiger partial charge in [-0.3, -0.25) is 15.0 Å². The fraction of sp³-hybridized carbons (Fsp3) is 0. The average Bonchev–Trinajstić information content (AvgIpc) is 2.74.